The van der Waals surface area contributed by atoms with Crippen molar-refractivity contribution in [3.63, 3.8) is 0 Å². The maximum Gasteiger partial charge on any atom is 0.0252 e. The van der Waals surface area contributed by atoms with E-state index in [0.29, 0.717) is 0 Å². The number of hydrogen-bond donors (Lipinski definition) is 1. The molecule has 0 saturated heterocycles. The zero-order valence-electron chi connectivity index (χ0n) is 10.5. The summed E-state index contributed by atoms with van der Waals surface area (Å²) in [7, 11) is 0. The van der Waals surface area contributed by atoms with Crippen LogP contribution in [0.15, 0.2) is 54.9 Å². The van der Waals surface area contributed by atoms with Crippen molar-refractivity contribution < 1.29 is 0 Å². The fourth-order valence-corrected chi connectivity index (χ4v) is 2.48. The smallest absolute Gasteiger partial charge is 0.0252 e. The largest absolute Gasteiger partial charge is 0.367 e. The first-order valence-electron chi connectivity index (χ1n) is 6.50. The molecule has 2 nitrogen and oxygen atoms in total. The molecule has 2 aromatic rings. The normalized spacial score (nSPS) is 16.6. The van der Waals surface area contributed by atoms with Crippen molar-refractivity contribution in [2.75, 3.05) is 13.1 Å². The van der Waals surface area contributed by atoms with Crippen LogP contribution >= 0.6 is 0 Å². The van der Waals surface area contributed by atoms with E-state index in [4.69, 9.17) is 0 Å². The minimum absolute atomic E-state index is 1.04. The second-order valence-corrected chi connectivity index (χ2v) is 4.80. The van der Waals surface area contributed by atoms with Crippen molar-refractivity contribution in [2.24, 2.45) is 0 Å². The highest BCUT2D eigenvalue weighted by molar-refractivity contribution is 5.66. The van der Waals surface area contributed by atoms with Gasteiger partial charge in [0, 0.05) is 32.0 Å². The highest BCUT2D eigenvalue weighted by Crippen LogP contribution is 2.22. The maximum atomic E-state index is 3.11. The lowest BCUT2D eigenvalue weighted by molar-refractivity contribution is 0.294. The molecule has 2 heteroatoms. The van der Waals surface area contributed by atoms with Gasteiger partial charge in [-0.3, -0.25) is 4.90 Å². The molecule has 0 unspecified atom stereocenters. The van der Waals surface area contributed by atoms with Crippen LogP contribution in [0.2, 0.25) is 0 Å². The van der Waals surface area contributed by atoms with Gasteiger partial charge in [-0.05, 0) is 29.2 Å². The number of aromatic amines is 1. The molecule has 0 bridgehead atoms. The predicted molar refractivity (Wildman–Crippen MR) is 75.1 cm³/mol. The van der Waals surface area contributed by atoms with Gasteiger partial charge in [-0.15, -0.1) is 0 Å². The van der Waals surface area contributed by atoms with Crippen LogP contribution in [0.25, 0.3) is 5.57 Å². The lowest BCUT2D eigenvalue weighted by Crippen LogP contribution is -2.27. The van der Waals surface area contributed by atoms with Crippen LogP contribution in [0.3, 0.4) is 0 Å². The summed E-state index contributed by atoms with van der Waals surface area (Å²) in [6.07, 6.45) is 7.58. The molecule has 0 fully saturated rings. The minimum Gasteiger partial charge on any atom is -0.367 e. The van der Waals surface area contributed by atoms with E-state index in [2.05, 4.69) is 58.6 Å². The first kappa shape index (κ1) is 11.3. The van der Waals surface area contributed by atoms with E-state index in [0.717, 1.165) is 26.1 Å². The summed E-state index contributed by atoms with van der Waals surface area (Å²) in [5, 5.41) is 0. The molecule has 0 spiro atoms. The van der Waals surface area contributed by atoms with Crippen molar-refractivity contribution in [2.45, 2.75) is 13.0 Å². The SMILES string of the molecule is C1=C(c2ccccc2)CCN(Cc2cc[nH]c2)C1. The summed E-state index contributed by atoms with van der Waals surface area (Å²) in [4.78, 5) is 5.59. The van der Waals surface area contributed by atoms with Gasteiger partial charge in [-0.2, -0.15) is 0 Å². The Balaban J connectivity index is 1.65. The van der Waals surface area contributed by atoms with Crippen molar-refractivity contribution in [1.82, 2.24) is 9.88 Å². The summed E-state index contributed by atoms with van der Waals surface area (Å²) in [6.45, 7) is 3.24. The van der Waals surface area contributed by atoms with Crippen LogP contribution in [0.5, 0.6) is 0 Å². The van der Waals surface area contributed by atoms with Crippen LogP contribution in [0.4, 0.5) is 0 Å². The molecule has 18 heavy (non-hydrogen) atoms. The molecule has 1 aromatic heterocycles. The Kier molecular flexibility index (Phi) is 3.29. The standard InChI is InChI=1S/C16H18N2/c1-2-4-15(5-3-1)16-7-10-18(11-8-16)13-14-6-9-17-12-14/h1-7,9,12,17H,8,10-11,13H2. The number of nitrogens with one attached hydrogen (secondary N) is 1. The van der Waals surface area contributed by atoms with Crippen LogP contribution in [-0.4, -0.2) is 23.0 Å². The fourth-order valence-electron chi connectivity index (χ4n) is 2.48. The predicted octanol–water partition coefficient (Wildman–Crippen LogP) is 3.30. The Morgan fingerprint density at radius 3 is 2.67 bits per heavy atom. The topological polar surface area (TPSA) is 19.0 Å². The lowest BCUT2D eigenvalue weighted by Gasteiger charge is -2.26. The van der Waals surface area contributed by atoms with E-state index >= 15 is 0 Å². The highest BCUT2D eigenvalue weighted by atomic mass is 15.1. The number of aromatic nitrogens is 1. The van der Waals surface area contributed by atoms with Gasteiger partial charge in [0.2, 0.25) is 0 Å². The zero-order chi connectivity index (χ0) is 12.2. The summed E-state index contributed by atoms with van der Waals surface area (Å²) >= 11 is 0. The number of hydrogen-bond acceptors (Lipinski definition) is 1. The highest BCUT2D eigenvalue weighted by Gasteiger charge is 2.12. The average molecular weight is 238 g/mol. The molecule has 1 N–H and O–H groups in total. The van der Waals surface area contributed by atoms with Gasteiger partial charge in [0.1, 0.15) is 0 Å². The number of rotatable bonds is 3. The van der Waals surface area contributed by atoms with Gasteiger partial charge in [-0.25, -0.2) is 0 Å². The molecule has 1 aromatic carbocycles. The van der Waals surface area contributed by atoms with Crippen molar-refractivity contribution in [3.05, 3.63) is 66.0 Å². The Bertz CT molecular complexity index is 511. The Labute approximate surface area is 108 Å². The molecule has 0 saturated carbocycles. The third-order valence-electron chi connectivity index (χ3n) is 3.51. The molecule has 1 aliphatic rings. The van der Waals surface area contributed by atoms with Crippen LogP contribution in [0, 0.1) is 0 Å². The molecule has 2 heterocycles. The second kappa shape index (κ2) is 5.23. The van der Waals surface area contributed by atoms with Crippen LogP contribution < -0.4 is 0 Å². The Hall–Kier alpha value is -1.80. The van der Waals surface area contributed by atoms with Gasteiger partial charge in [0.15, 0.2) is 0 Å². The number of H-pyrrole nitrogens is 1. The van der Waals surface area contributed by atoms with Crippen LogP contribution in [0.1, 0.15) is 17.5 Å². The Morgan fingerprint density at radius 2 is 2.00 bits per heavy atom. The number of nitrogens with zero attached hydrogens (tertiary/aromatic N) is 1. The van der Waals surface area contributed by atoms with Crippen molar-refractivity contribution in [3.8, 4) is 0 Å². The third-order valence-corrected chi connectivity index (χ3v) is 3.51. The maximum absolute atomic E-state index is 3.11. The van der Waals surface area contributed by atoms with Crippen molar-refractivity contribution >= 4 is 5.57 Å². The molecule has 0 radical (unpaired) electrons. The molecule has 1 aliphatic heterocycles. The van der Waals surface area contributed by atoms with Gasteiger partial charge >= 0.3 is 0 Å². The van der Waals surface area contributed by atoms with Crippen LogP contribution in [-0.2, 0) is 6.54 Å². The molecule has 92 valence electrons. The first-order chi connectivity index (χ1) is 8.92. The van der Waals surface area contributed by atoms with E-state index in [1.807, 2.05) is 6.20 Å². The average Bonchev–Trinajstić information content (AvgIpc) is 2.94. The van der Waals surface area contributed by atoms with Gasteiger partial charge in [0.05, 0.1) is 0 Å². The summed E-state index contributed by atoms with van der Waals surface area (Å²) < 4.78 is 0. The fraction of sp³-hybridized carbons (Fsp3) is 0.250. The molecule has 0 atom stereocenters. The molecular formula is C16H18N2. The van der Waals surface area contributed by atoms with Crippen molar-refractivity contribution in [1.29, 1.82) is 0 Å². The quantitative estimate of drug-likeness (QED) is 0.869. The summed E-state index contributed by atoms with van der Waals surface area (Å²) in [5.74, 6) is 0. The molecule has 0 aliphatic carbocycles. The molecule has 3 rings (SSSR count). The number of benzene rings is 1. The zero-order valence-corrected chi connectivity index (χ0v) is 10.5. The lowest BCUT2D eigenvalue weighted by atomic mass is 9.99. The first-order valence-corrected chi connectivity index (χ1v) is 6.50. The van der Waals surface area contributed by atoms with E-state index in [1.165, 1.54) is 16.7 Å². The van der Waals surface area contributed by atoms with E-state index in [-0.39, 0.29) is 0 Å². The molecule has 0 amide bonds. The third kappa shape index (κ3) is 2.54. The minimum atomic E-state index is 1.04. The van der Waals surface area contributed by atoms with E-state index < -0.39 is 0 Å². The van der Waals surface area contributed by atoms with Gasteiger partial charge < -0.3 is 4.98 Å². The van der Waals surface area contributed by atoms with Gasteiger partial charge in [-0.1, -0.05) is 36.4 Å². The molecular weight excluding hydrogens is 220 g/mol. The monoisotopic (exact) mass is 238 g/mol. The van der Waals surface area contributed by atoms with Gasteiger partial charge in [0.25, 0.3) is 0 Å². The second-order valence-electron chi connectivity index (χ2n) is 4.80. The summed E-state index contributed by atoms with van der Waals surface area (Å²) in [5.41, 5.74) is 4.23. The van der Waals surface area contributed by atoms with E-state index in [1.54, 1.807) is 0 Å². The summed E-state index contributed by atoms with van der Waals surface area (Å²) in [6, 6.07) is 12.9. The Morgan fingerprint density at radius 1 is 1.11 bits per heavy atom. The van der Waals surface area contributed by atoms with E-state index in [9.17, 15) is 0 Å².